The zero-order valence-electron chi connectivity index (χ0n) is 12.5. The highest BCUT2D eigenvalue weighted by Gasteiger charge is 2.16. The van der Waals surface area contributed by atoms with Gasteiger partial charge in [-0.05, 0) is 43.7 Å². The largest absolute Gasteiger partial charge is 0.391 e. The van der Waals surface area contributed by atoms with E-state index in [4.69, 9.17) is 11.6 Å². The molecule has 0 radical (unpaired) electrons. The van der Waals surface area contributed by atoms with Gasteiger partial charge in [0.15, 0.2) is 0 Å². The van der Waals surface area contributed by atoms with E-state index in [2.05, 4.69) is 17.9 Å². The Morgan fingerprint density at radius 1 is 1.10 bits per heavy atom. The topological polar surface area (TPSA) is 23.5 Å². The minimum atomic E-state index is -0.376. The molecule has 0 amide bonds. The van der Waals surface area contributed by atoms with Crippen molar-refractivity contribution in [1.82, 2.24) is 4.90 Å². The van der Waals surface area contributed by atoms with Gasteiger partial charge in [-0.1, -0.05) is 54.1 Å². The molecule has 1 N–H and O–H groups in total. The van der Waals surface area contributed by atoms with E-state index in [1.807, 2.05) is 55.6 Å². The molecule has 21 heavy (non-hydrogen) atoms. The molecule has 0 saturated carbocycles. The number of halogens is 1. The minimum absolute atomic E-state index is 0.217. The average molecular weight is 304 g/mol. The predicted molar refractivity (Wildman–Crippen MR) is 88.6 cm³/mol. The summed E-state index contributed by atoms with van der Waals surface area (Å²) in [6.45, 7) is 2.75. The normalized spacial score (nSPS) is 14.1. The lowest BCUT2D eigenvalue weighted by Gasteiger charge is -2.27. The van der Waals surface area contributed by atoms with Crippen molar-refractivity contribution in [2.45, 2.75) is 25.5 Å². The molecule has 0 bridgehead atoms. The maximum Gasteiger partial charge on any atom is 0.0707 e. The summed E-state index contributed by atoms with van der Waals surface area (Å²) >= 11 is 6.04. The maximum absolute atomic E-state index is 10.3. The molecule has 0 aliphatic carbocycles. The summed E-state index contributed by atoms with van der Waals surface area (Å²) in [6, 6.07) is 18.2. The summed E-state index contributed by atoms with van der Waals surface area (Å²) in [5, 5.41) is 11.0. The molecule has 2 atom stereocenters. The Kier molecular flexibility index (Phi) is 5.80. The van der Waals surface area contributed by atoms with Crippen LogP contribution in [0.2, 0.25) is 5.02 Å². The summed E-state index contributed by atoms with van der Waals surface area (Å²) in [5.41, 5.74) is 2.32. The smallest absolute Gasteiger partial charge is 0.0707 e. The Hall–Kier alpha value is -1.35. The number of nitrogens with zero attached hydrogens (tertiary/aromatic N) is 1. The second-order valence-electron chi connectivity index (χ2n) is 5.51. The van der Waals surface area contributed by atoms with Crippen molar-refractivity contribution in [3.63, 3.8) is 0 Å². The van der Waals surface area contributed by atoms with E-state index in [-0.39, 0.29) is 12.1 Å². The van der Waals surface area contributed by atoms with Gasteiger partial charge < -0.3 is 5.11 Å². The highest BCUT2D eigenvalue weighted by Crippen LogP contribution is 2.22. The summed E-state index contributed by atoms with van der Waals surface area (Å²) in [5.74, 6) is 0. The van der Waals surface area contributed by atoms with Crippen LogP contribution in [0.25, 0.3) is 0 Å². The minimum Gasteiger partial charge on any atom is -0.391 e. The van der Waals surface area contributed by atoms with Crippen LogP contribution in [0.15, 0.2) is 54.6 Å². The number of aliphatic hydroxyl groups is 1. The van der Waals surface area contributed by atoms with E-state index in [0.29, 0.717) is 13.0 Å². The van der Waals surface area contributed by atoms with Crippen LogP contribution in [0.3, 0.4) is 0 Å². The second-order valence-corrected chi connectivity index (χ2v) is 5.95. The fourth-order valence-corrected chi connectivity index (χ4v) is 2.66. The van der Waals surface area contributed by atoms with E-state index in [1.165, 1.54) is 0 Å². The molecule has 0 aromatic heterocycles. The van der Waals surface area contributed by atoms with Gasteiger partial charge in [0.1, 0.15) is 0 Å². The lowest BCUT2D eigenvalue weighted by atomic mass is 10.0. The monoisotopic (exact) mass is 303 g/mol. The third-order valence-electron chi connectivity index (χ3n) is 3.81. The molecule has 3 heteroatoms. The van der Waals surface area contributed by atoms with Gasteiger partial charge in [0.2, 0.25) is 0 Å². The van der Waals surface area contributed by atoms with Crippen molar-refractivity contribution in [1.29, 1.82) is 0 Å². The van der Waals surface area contributed by atoms with Gasteiger partial charge in [-0.2, -0.15) is 0 Å². The van der Waals surface area contributed by atoms with E-state index in [9.17, 15) is 5.11 Å². The molecule has 0 aliphatic rings. The Bertz CT molecular complexity index is 558. The van der Waals surface area contributed by atoms with E-state index in [1.54, 1.807) is 0 Å². The van der Waals surface area contributed by atoms with Crippen LogP contribution in [0.5, 0.6) is 0 Å². The van der Waals surface area contributed by atoms with Crippen LogP contribution in [0, 0.1) is 0 Å². The second kappa shape index (κ2) is 7.60. The first-order valence-corrected chi connectivity index (χ1v) is 7.61. The van der Waals surface area contributed by atoms with Crippen LogP contribution in [-0.2, 0) is 6.42 Å². The zero-order chi connectivity index (χ0) is 15.2. The number of aliphatic hydroxyl groups excluding tert-OH is 1. The van der Waals surface area contributed by atoms with Crippen molar-refractivity contribution < 1.29 is 5.11 Å². The molecule has 0 heterocycles. The van der Waals surface area contributed by atoms with Gasteiger partial charge in [-0.3, -0.25) is 4.90 Å². The van der Waals surface area contributed by atoms with E-state index in [0.717, 1.165) is 16.1 Å². The molecular formula is C18H22ClNO. The average Bonchev–Trinajstić information content (AvgIpc) is 2.47. The molecule has 0 fully saturated rings. The first kappa shape index (κ1) is 16.0. The van der Waals surface area contributed by atoms with Gasteiger partial charge >= 0.3 is 0 Å². The Morgan fingerprint density at radius 2 is 1.81 bits per heavy atom. The van der Waals surface area contributed by atoms with Crippen LogP contribution in [-0.4, -0.2) is 29.7 Å². The number of benzene rings is 2. The molecular weight excluding hydrogens is 282 g/mol. The summed E-state index contributed by atoms with van der Waals surface area (Å²) in [4.78, 5) is 2.15. The van der Waals surface area contributed by atoms with Gasteiger partial charge in [0, 0.05) is 17.6 Å². The molecule has 2 aromatic rings. The summed E-state index contributed by atoms with van der Waals surface area (Å²) in [6.07, 6.45) is 0.298. The molecule has 112 valence electrons. The molecule has 2 unspecified atom stereocenters. The summed E-state index contributed by atoms with van der Waals surface area (Å²) < 4.78 is 0. The fourth-order valence-electron chi connectivity index (χ4n) is 2.46. The van der Waals surface area contributed by atoms with E-state index < -0.39 is 0 Å². The van der Waals surface area contributed by atoms with E-state index >= 15 is 0 Å². The van der Waals surface area contributed by atoms with Gasteiger partial charge in [0.25, 0.3) is 0 Å². The number of hydrogen-bond donors (Lipinski definition) is 1. The first-order valence-electron chi connectivity index (χ1n) is 7.24. The lowest BCUT2D eigenvalue weighted by Crippen LogP contribution is -2.32. The Balaban J connectivity index is 1.92. The molecule has 2 nitrogen and oxygen atoms in total. The number of hydrogen-bond acceptors (Lipinski definition) is 2. The van der Waals surface area contributed by atoms with Gasteiger partial charge in [0.05, 0.1) is 6.10 Å². The van der Waals surface area contributed by atoms with Crippen molar-refractivity contribution in [3.8, 4) is 0 Å². The number of rotatable bonds is 6. The molecule has 0 aliphatic heterocycles. The van der Waals surface area contributed by atoms with Crippen LogP contribution in [0.4, 0.5) is 0 Å². The fraction of sp³-hybridized carbons (Fsp3) is 0.333. The third-order valence-corrected chi connectivity index (χ3v) is 4.04. The number of likely N-dealkylation sites (N-methyl/N-ethyl adjacent to an activating group) is 1. The highest BCUT2D eigenvalue weighted by molar-refractivity contribution is 6.30. The lowest BCUT2D eigenvalue weighted by molar-refractivity contribution is 0.108. The summed E-state index contributed by atoms with van der Waals surface area (Å²) in [7, 11) is 2.03. The predicted octanol–water partition coefficient (Wildman–Crippen LogP) is 3.94. The molecule has 0 saturated heterocycles. The van der Waals surface area contributed by atoms with Crippen molar-refractivity contribution in [3.05, 3.63) is 70.7 Å². The van der Waals surface area contributed by atoms with Crippen LogP contribution in [0.1, 0.15) is 24.1 Å². The maximum atomic E-state index is 10.3. The molecule has 2 rings (SSSR count). The zero-order valence-corrected chi connectivity index (χ0v) is 13.3. The van der Waals surface area contributed by atoms with Crippen molar-refractivity contribution in [2.24, 2.45) is 0 Å². The standard InChI is InChI=1S/C18H22ClNO/c1-14(16-9-6-10-17(19)12-16)20(2)13-18(21)11-15-7-4-3-5-8-15/h3-10,12,14,18,21H,11,13H2,1-2H3. The van der Waals surface area contributed by atoms with Gasteiger partial charge in [-0.25, -0.2) is 0 Å². The SMILES string of the molecule is CC(c1cccc(Cl)c1)N(C)CC(O)Cc1ccccc1. The van der Waals surface area contributed by atoms with Crippen LogP contribution >= 0.6 is 11.6 Å². The van der Waals surface area contributed by atoms with Crippen molar-refractivity contribution in [2.75, 3.05) is 13.6 Å². The third kappa shape index (κ3) is 4.85. The van der Waals surface area contributed by atoms with Crippen molar-refractivity contribution >= 4 is 11.6 Å². The Morgan fingerprint density at radius 3 is 2.48 bits per heavy atom. The van der Waals surface area contributed by atoms with Gasteiger partial charge in [-0.15, -0.1) is 0 Å². The Labute approximate surface area is 132 Å². The first-order chi connectivity index (χ1) is 10.1. The quantitative estimate of drug-likeness (QED) is 0.874. The highest BCUT2D eigenvalue weighted by atomic mass is 35.5. The van der Waals surface area contributed by atoms with Crippen LogP contribution < -0.4 is 0 Å². The molecule has 2 aromatic carbocycles. The molecule has 0 spiro atoms.